The van der Waals surface area contributed by atoms with E-state index in [2.05, 4.69) is 10.1 Å². The number of rotatable bonds is 5. The number of nitrogens with zero attached hydrogens (tertiary/aromatic N) is 2. The van der Waals surface area contributed by atoms with Gasteiger partial charge in [-0.1, -0.05) is 47.1 Å². The van der Waals surface area contributed by atoms with Crippen LogP contribution in [0.15, 0.2) is 87.1 Å². The van der Waals surface area contributed by atoms with E-state index in [0.29, 0.717) is 22.7 Å². The van der Waals surface area contributed by atoms with Gasteiger partial charge >= 0.3 is 0 Å². The van der Waals surface area contributed by atoms with Crippen molar-refractivity contribution in [1.82, 2.24) is 10.1 Å². The normalized spacial score (nSPS) is 11.4. The third kappa shape index (κ3) is 3.52. The highest BCUT2D eigenvalue weighted by Crippen LogP contribution is 2.33. The van der Waals surface area contributed by atoms with Gasteiger partial charge in [0.15, 0.2) is 0 Å². The van der Waals surface area contributed by atoms with Crippen LogP contribution in [0, 0.1) is 6.92 Å². The largest absolute Gasteiger partial charge is 0.496 e. The van der Waals surface area contributed by atoms with Crippen molar-refractivity contribution in [3.8, 4) is 28.6 Å². The molecule has 0 unspecified atom stereocenters. The lowest BCUT2D eigenvalue weighted by Crippen LogP contribution is -2.04. The van der Waals surface area contributed by atoms with E-state index in [0.717, 1.165) is 5.56 Å². The highest BCUT2D eigenvalue weighted by molar-refractivity contribution is 7.91. The molecule has 3 aromatic carbocycles. The minimum Gasteiger partial charge on any atom is -0.496 e. The van der Waals surface area contributed by atoms with Crippen LogP contribution in [-0.4, -0.2) is 25.7 Å². The lowest BCUT2D eigenvalue weighted by Gasteiger charge is -2.08. The zero-order valence-corrected chi connectivity index (χ0v) is 16.7. The molecule has 0 fully saturated rings. The van der Waals surface area contributed by atoms with Gasteiger partial charge < -0.3 is 9.26 Å². The van der Waals surface area contributed by atoms with Crippen LogP contribution in [0.1, 0.15) is 5.56 Å². The molecule has 0 N–H and O–H groups in total. The van der Waals surface area contributed by atoms with Gasteiger partial charge in [0.1, 0.15) is 5.75 Å². The van der Waals surface area contributed by atoms with Crippen molar-refractivity contribution in [3.63, 3.8) is 0 Å². The zero-order chi connectivity index (χ0) is 20.4. The number of benzene rings is 3. The fraction of sp³-hybridized carbons (Fsp3) is 0.0909. The Morgan fingerprint density at radius 3 is 2.24 bits per heavy atom. The summed E-state index contributed by atoms with van der Waals surface area (Å²) in [5.41, 5.74) is 1.99. The summed E-state index contributed by atoms with van der Waals surface area (Å²) in [6.07, 6.45) is 0. The van der Waals surface area contributed by atoms with Gasteiger partial charge in [0.25, 0.3) is 5.89 Å². The number of aryl methyl sites for hydroxylation is 1. The third-order valence-corrected chi connectivity index (χ3v) is 6.34. The second kappa shape index (κ2) is 7.52. The molecule has 7 heteroatoms. The number of hydrogen-bond acceptors (Lipinski definition) is 6. The van der Waals surface area contributed by atoms with Gasteiger partial charge in [-0.15, -0.1) is 0 Å². The van der Waals surface area contributed by atoms with Gasteiger partial charge in [-0.25, -0.2) is 8.42 Å². The Morgan fingerprint density at radius 2 is 1.52 bits per heavy atom. The molecule has 0 radical (unpaired) electrons. The Balaban J connectivity index is 1.81. The summed E-state index contributed by atoms with van der Waals surface area (Å²) >= 11 is 0. The minimum atomic E-state index is -3.76. The lowest BCUT2D eigenvalue weighted by molar-refractivity contribution is 0.413. The van der Waals surface area contributed by atoms with Gasteiger partial charge in [-0.05, 0) is 43.3 Å². The van der Waals surface area contributed by atoms with E-state index in [9.17, 15) is 8.42 Å². The van der Waals surface area contributed by atoms with Crippen LogP contribution in [0.3, 0.4) is 0 Å². The van der Waals surface area contributed by atoms with Crippen LogP contribution in [0.5, 0.6) is 5.75 Å². The average molecular weight is 406 g/mol. The topological polar surface area (TPSA) is 82.3 Å². The Labute approximate surface area is 168 Å². The van der Waals surface area contributed by atoms with Gasteiger partial charge in [-0.3, -0.25) is 0 Å². The smallest absolute Gasteiger partial charge is 0.259 e. The molecule has 0 saturated heterocycles. The second-order valence-corrected chi connectivity index (χ2v) is 8.35. The summed E-state index contributed by atoms with van der Waals surface area (Å²) in [5, 5.41) is 4.02. The lowest BCUT2D eigenvalue weighted by atomic mass is 10.2. The SMILES string of the molecule is COc1ccccc1-c1noc(-c2ccccc2S(=O)(=O)c2ccc(C)cc2)n1. The van der Waals surface area contributed by atoms with E-state index in [-0.39, 0.29) is 15.7 Å². The minimum absolute atomic E-state index is 0.110. The van der Waals surface area contributed by atoms with E-state index in [1.54, 1.807) is 55.6 Å². The first-order chi connectivity index (χ1) is 14.0. The van der Waals surface area contributed by atoms with Crippen molar-refractivity contribution in [2.24, 2.45) is 0 Å². The van der Waals surface area contributed by atoms with Crippen molar-refractivity contribution >= 4 is 9.84 Å². The molecule has 4 rings (SSSR count). The molecule has 0 aliphatic rings. The molecule has 0 spiro atoms. The maximum Gasteiger partial charge on any atom is 0.259 e. The maximum absolute atomic E-state index is 13.2. The van der Waals surface area contributed by atoms with Crippen LogP contribution in [0.2, 0.25) is 0 Å². The van der Waals surface area contributed by atoms with Crippen molar-refractivity contribution < 1.29 is 17.7 Å². The molecule has 0 amide bonds. The van der Waals surface area contributed by atoms with Crippen molar-refractivity contribution in [1.29, 1.82) is 0 Å². The number of para-hydroxylation sites is 1. The first kappa shape index (κ1) is 18.9. The third-order valence-electron chi connectivity index (χ3n) is 4.51. The molecule has 0 aliphatic heterocycles. The molecule has 6 nitrogen and oxygen atoms in total. The molecular formula is C22H18N2O4S. The van der Waals surface area contributed by atoms with E-state index in [4.69, 9.17) is 9.26 Å². The molecular weight excluding hydrogens is 388 g/mol. The van der Waals surface area contributed by atoms with Crippen LogP contribution in [0.4, 0.5) is 0 Å². The van der Waals surface area contributed by atoms with Crippen LogP contribution >= 0.6 is 0 Å². The number of methoxy groups -OCH3 is 1. The van der Waals surface area contributed by atoms with Crippen LogP contribution in [-0.2, 0) is 9.84 Å². The predicted molar refractivity (Wildman–Crippen MR) is 108 cm³/mol. The number of ether oxygens (including phenoxy) is 1. The van der Waals surface area contributed by atoms with Gasteiger partial charge in [0.05, 0.1) is 28.0 Å². The maximum atomic E-state index is 13.2. The summed E-state index contributed by atoms with van der Waals surface area (Å²) in [7, 11) is -2.20. The van der Waals surface area contributed by atoms with Gasteiger partial charge in [-0.2, -0.15) is 4.98 Å². The molecule has 0 saturated carbocycles. The summed E-state index contributed by atoms with van der Waals surface area (Å²) in [5.74, 6) is 1.04. The van der Waals surface area contributed by atoms with Crippen molar-refractivity contribution in [3.05, 3.63) is 78.4 Å². The van der Waals surface area contributed by atoms with Gasteiger partial charge in [0.2, 0.25) is 15.7 Å². The molecule has 29 heavy (non-hydrogen) atoms. The quantitative estimate of drug-likeness (QED) is 0.483. The van der Waals surface area contributed by atoms with Crippen molar-refractivity contribution in [2.45, 2.75) is 16.7 Å². The van der Waals surface area contributed by atoms with E-state index in [1.165, 1.54) is 6.07 Å². The molecule has 0 aliphatic carbocycles. The van der Waals surface area contributed by atoms with Gasteiger partial charge in [0, 0.05) is 0 Å². The second-order valence-electron chi connectivity index (χ2n) is 6.44. The Kier molecular flexibility index (Phi) is 4.90. The molecule has 1 aromatic heterocycles. The highest BCUT2D eigenvalue weighted by atomic mass is 32.2. The summed E-state index contributed by atoms with van der Waals surface area (Å²) < 4.78 is 37.2. The Morgan fingerprint density at radius 1 is 0.862 bits per heavy atom. The fourth-order valence-corrected chi connectivity index (χ4v) is 4.44. The summed E-state index contributed by atoms with van der Waals surface area (Å²) in [4.78, 5) is 4.74. The zero-order valence-electron chi connectivity index (χ0n) is 15.9. The van der Waals surface area contributed by atoms with E-state index < -0.39 is 9.84 Å². The molecule has 4 aromatic rings. The fourth-order valence-electron chi connectivity index (χ4n) is 2.99. The molecule has 0 bridgehead atoms. The Bertz CT molecular complexity index is 1260. The molecule has 1 heterocycles. The standard InChI is InChI=1S/C22H18N2O4S/c1-15-11-13-16(14-12-15)29(25,26)20-10-6-4-8-18(20)22-23-21(24-28-22)17-7-3-5-9-19(17)27-2/h3-14H,1-2H3. The monoisotopic (exact) mass is 406 g/mol. The number of aromatic nitrogens is 2. The summed E-state index contributed by atoms with van der Waals surface area (Å²) in [6.45, 7) is 1.90. The van der Waals surface area contributed by atoms with E-state index >= 15 is 0 Å². The number of sulfone groups is 1. The molecule has 0 atom stereocenters. The highest BCUT2D eigenvalue weighted by Gasteiger charge is 2.25. The first-order valence-corrected chi connectivity index (χ1v) is 10.4. The summed E-state index contributed by atoms with van der Waals surface area (Å²) in [6, 6.07) is 20.6. The Hall–Kier alpha value is -3.45. The van der Waals surface area contributed by atoms with Crippen molar-refractivity contribution in [2.75, 3.05) is 7.11 Å². The van der Waals surface area contributed by atoms with E-state index in [1.807, 2.05) is 25.1 Å². The van der Waals surface area contributed by atoms with Crippen LogP contribution in [0.25, 0.3) is 22.8 Å². The first-order valence-electron chi connectivity index (χ1n) is 8.89. The van der Waals surface area contributed by atoms with Crippen LogP contribution < -0.4 is 4.74 Å². The predicted octanol–water partition coefficient (Wildman–Crippen LogP) is 4.55. The average Bonchev–Trinajstić information content (AvgIpc) is 3.24. The molecule has 146 valence electrons. The number of hydrogen-bond donors (Lipinski definition) is 0.